The third kappa shape index (κ3) is 4.68. The van der Waals surface area contributed by atoms with Gasteiger partial charge in [0.15, 0.2) is 0 Å². The number of ether oxygens (including phenoxy) is 1. The Morgan fingerprint density at radius 3 is 2.81 bits per heavy atom. The summed E-state index contributed by atoms with van der Waals surface area (Å²) in [5.41, 5.74) is 0.884. The van der Waals surface area contributed by atoms with Crippen molar-refractivity contribution >= 4 is 39.1 Å². The molecule has 1 atom stereocenters. The summed E-state index contributed by atoms with van der Waals surface area (Å²) in [5.74, 6) is -0.725. The van der Waals surface area contributed by atoms with Gasteiger partial charge in [-0.2, -0.15) is 0 Å². The van der Waals surface area contributed by atoms with Crippen LogP contribution in [0.5, 0.6) is 0 Å². The Kier molecular flexibility index (Phi) is 5.52. The Hall–Kier alpha value is -1.66. The molecule has 0 saturated heterocycles. The minimum Gasteiger partial charge on any atom is -0.459 e. The van der Waals surface area contributed by atoms with Crippen LogP contribution in [-0.2, 0) is 16.1 Å². The summed E-state index contributed by atoms with van der Waals surface area (Å²) >= 11 is 4.68. The van der Waals surface area contributed by atoms with E-state index >= 15 is 0 Å². The van der Waals surface area contributed by atoms with E-state index in [1.807, 2.05) is 29.6 Å². The molecule has 1 N–H and O–H groups in total. The number of carbonyl (C=O) groups is 2. The molecule has 110 valence electrons. The van der Waals surface area contributed by atoms with Crippen LogP contribution in [-0.4, -0.2) is 17.9 Å². The van der Waals surface area contributed by atoms with Crippen LogP contribution >= 0.6 is 27.3 Å². The zero-order valence-corrected chi connectivity index (χ0v) is 13.7. The largest absolute Gasteiger partial charge is 0.459 e. The molecule has 2 aromatic rings. The fourth-order valence-electron chi connectivity index (χ4n) is 1.64. The van der Waals surface area contributed by atoms with Gasteiger partial charge in [-0.05, 0) is 36.1 Å². The lowest BCUT2D eigenvalue weighted by atomic mass is 10.2. The molecular weight excluding hydrogens is 354 g/mol. The van der Waals surface area contributed by atoms with Crippen LogP contribution in [0.1, 0.15) is 22.2 Å². The molecule has 0 bridgehead atoms. The lowest BCUT2D eigenvalue weighted by molar-refractivity contribution is -0.146. The predicted molar refractivity (Wildman–Crippen MR) is 85.2 cm³/mol. The summed E-state index contributed by atoms with van der Waals surface area (Å²) in [5, 5.41) is 4.43. The fourth-order valence-corrected chi connectivity index (χ4v) is 2.71. The summed E-state index contributed by atoms with van der Waals surface area (Å²) in [7, 11) is 0. The standard InChI is InChI=1S/C15H14BrNO3S/c1-10(17-14(18)13-6-3-7-21-13)15(19)20-9-11-4-2-5-12(16)8-11/h2-8,10H,9H2,1H3,(H,17,18). The van der Waals surface area contributed by atoms with Crippen LogP contribution < -0.4 is 5.32 Å². The van der Waals surface area contributed by atoms with E-state index in [1.54, 1.807) is 19.1 Å². The van der Waals surface area contributed by atoms with Crippen LogP contribution in [0.3, 0.4) is 0 Å². The SMILES string of the molecule is CC(NC(=O)c1cccs1)C(=O)OCc1cccc(Br)c1. The molecule has 1 amide bonds. The van der Waals surface area contributed by atoms with Crippen molar-refractivity contribution in [2.24, 2.45) is 0 Å². The van der Waals surface area contributed by atoms with E-state index in [-0.39, 0.29) is 12.5 Å². The van der Waals surface area contributed by atoms with Gasteiger partial charge in [-0.25, -0.2) is 4.79 Å². The zero-order chi connectivity index (χ0) is 15.2. The van der Waals surface area contributed by atoms with E-state index in [9.17, 15) is 9.59 Å². The van der Waals surface area contributed by atoms with Gasteiger partial charge in [0.1, 0.15) is 12.6 Å². The van der Waals surface area contributed by atoms with Gasteiger partial charge in [-0.1, -0.05) is 34.1 Å². The molecule has 0 fully saturated rings. The van der Waals surface area contributed by atoms with Crippen LogP contribution in [0.4, 0.5) is 0 Å². The van der Waals surface area contributed by atoms with E-state index in [0.717, 1.165) is 10.0 Å². The Bertz CT molecular complexity index is 628. The summed E-state index contributed by atoms with van der Waals surface area (Å²) < 4.78 is 6.12. The molecule has 0 aliphatic carbocycles. The van der Waals surface area contributed by atoms with Crippen molar-refractivity contribution < 1.29 is 14.3 Å². The van der Waals surface area contributed by atoms with Gasteiger partial charge in [-0.15, -0.1) is 11.3 Å². The van der Waals surface area contributed by atoms with Crippen molar-refractivity contribution in [3.05, 3.63) is 56.7 Å². The van der Waals surface area contributed by atoms with Gasteiger partial charge < -0.3 is 10.1 Å². The highest BCUT2D eigenvalue weighted by Crippen LogP contribution is 2.13. The molecule has 0 radical (unpaired) electrons. The second-order valence-electron chi connectivity index (χ2n) is 4.41. The van der Waals surface area contributed by atoms with Crippen LogP contribution in [0.15, 0.2) is 46.3 Å². The summed E-state index contributed by atoms with van der Waals surface area (Å²) in [6.07, 6.45) is 0. The van der Waals surface area contributed by atoms with Crippen molar-refractivity contribution in [3.63, 3.8) is 0 Å². The summed E-state index contributed by atoms with van der Waals surface area (Å²) in [6.45, 7) is 1.78. The monoisotopic (exact) mass is 367 g/mol. The zero-order valence-electron chi connectivity index (χ0n) is 11.3. The number of halogens is 1. The maximum absolute atomic E-state index is 11.9. The van der Waals surface area contributed by atoms with Crippen LogP contribution in [0.25, 0.3) is 0 Å². The molecule has 0 saturated carbocycles. The normalized spacial score (nSPS) is 11.7. The number of thiophene rings is 1. The maximum atomic E-state index is 11.9. The molecule has 1 aromatic carbocycles. The second kappa shape index (κ2) is 7.38. The van der Waals surface area contributed by atoms with E-state index in [2.05, 4.69) is 21.2 Å². The van der Waals surface area contributed by atoms with E-state index in [0.29, 0.717) is 4.88 Å². The maximum Gasteiger partial charge on any atom is 0.328 e. The van der Waals surface area contributed by atoms with E-state index in [1.165, 1.54) is 11.3 Å². The molecule has 21 heavy (non-hydrogen) atoms. The Balaban J connectivity index is 1.84. The van der Waals surface area contributed by atoms with Gasteiger partial charge in [0.05, 0.1) is 4.88 Å². The number of rotatable bonds is 5. The predicted octanol–water partition coefficient (Wildman–Crippen LogP) is 3.37. The Morgan fingerprint density at radius 1 is 1.33 bits per heavy atom. The molecule has 0 aliphatic heterocycles. The summed E-state index contributed by atoms with van der Waals surface area (Å²) in [4.78, 5) is 24.3. The molecule has 0 aliphatic rings. The topological polar surface area (TPSA) is 55.4 Å². The lowest BCUT2D eigenvalue weighted by Crippen LogP contribution is -2.39. The highest BCUT2D eigenvalue weighted by molar-refractivity contribution is 9.10. The molecule has 4 nitrogen and oxygen atoms in total. The molecule has 2 rings (SSSR count). The Labute approximate surface area is 135 Å². The third-order valence-electron chi connectivity index (χ3n) is 2.72. The highest BCUT2D eigenvalue weighted by atomic mass is 79.9. The number of hydrogen-bond acceptors (Lipinski definition) is 4. The first-order valence-electron chi connectivity index (χ1n) is 6.31. The first-order chi connectivity index (χ1) is 10.1. The number of nitrogens with one attached hydrogen (secondary N) is 1. The van der Waals surface area contributed by atoms with Crippen molar-refractivity contribution in [3.8, 4) is 0 Å². The van der Waals surface area contributed by atoms with Gasteiger partial charge in [0.25, 0.3) is 5.91 Å². The molecule has 1 heterocycles. The summed E-state index contributed by atoms with van der Waals surface area (Å²) in [6, 6.07) is 10.3. The number of amides is 1. The molecule has 1 unspecified atom stereocenters. The number of carbonyl (C=O) groups excluding carboxylic acids is 2. The van der Waals surface area contributed by atoms with E-state index < -0.39 is 12.0 Å². The lowest BCUT2D eigenvalue weighted by Gasteiger charge is -2.13. The average Bonchev–Trinajstić information content (AvgIpc) is 2.99. The van der Waals surface area contributed by atoms with Crippen molar-refractivity contribution in [2.45, 2.75) is 19.6 Å². The highest BCUT2D eigenvalue weighted by Gasteiger charge is 2.18. The van der Waals surface area contributed by atoms with E-state index in [4.69, 9.17) is 4.74 Å². The van der Waals surface area contributed by atoms with Crippen molar-refractivity contribution in [2.75, 3.05) is 0 Å². The fraction of sp³-hybridized carbons (Fsp3) is 0.200. The minimum atomic E-state index is -0.688. The van der Waals surface area contributed by atoms with Crippen LogP contribution in [0.2, 0.25) is 0 Å². The van der Waals surface area contributed by atoms with Gasteiger partial charge in [0.2, 0.25) is 0 Å². The number of benzene rings is 1. The number of hydrogen-bond donors (Lipinski definition) is 1. The Morgan fingerprint density at radius 2 is 2.14 bits per heavy atom. The van der Waals surface area contributed by atoms with Gasteiger partial charge in [0, 0.05) is 4.47 Å². The smallest absolute Gasteiger partial charge is 0.328 e. The first-order valence-corrected chi connectivity index (χ1v) is 7.99. The average molecular weight is 368 g/mol. The van der Waals surface area contributed by atoms with Crippen LogP contribution in [0, 0.1) is 0 Å². The second-order valence-corrected chi connectivity index (χ2v) is 6.27. The quantitative estimate of drug-likeness (QED) is 0.824. The van der Waals surface area contributed by atoms with Crippen molar-refractivity contribution in [1.82, 2.24) is 5.32 Å². The number of esters is 1. The molecule has 0 spiro atoms. The first kappa shape index (κ1) is 15.7. The third-order valence-corrected chi connectivity index (χ3v) is 4.08. The molecular formula is C15H14BrNO3S. The van der Waals surface area contributed by atoms with Crippen molar-refractivity contribution in [1.29, 1.82) is 0 Å². The molecule has 6 heteroatoms. The van der Waals surface area contributed by atoms with Gasteiger partial charge >= 0.3 is 5.97 Å². The van der Waals surface area contributed by atoms with Gasteiger partial charge in [-0.3, -0.25) is 4.79 Å². The minimum absolute atomic E-state index is 0.178. The molecule has 1 aromatic heterocycles.